The van der Waals surface area contributed by atoms with Gasteiger partial charge < -0.3 is 14.6 Å². The highest BCUT2D eigenvalue weighted by atomic mass is 19.1. The minimum Gasteiger partial charge on any atom is -0.459 e. The number of nitrogens with zero attached hydrogens (tertiary/aromatic N) is 1. The van der Waals surface area contributed by atoms with Gasteiger partial charge in [0.05, 0.1) is 6.26 Å². The van der Waals surface area contributed by atoms with Gasteiger partial charge in [-0.15, -0.1) is 0 Å². The number of benzene rings is 1. The first kappa shape index (κ1) is 18.7. The quantitative estimate of drug-likeness (QED) is 0.802. The van der Waals surface area contributed by atoms with Crippen LogP contribution in [-0.2, 0) is 4.79 Å². The van der Waals surface area contributed by atoms with E-state index in [1.165, 1.54) is 18.4 Å². The van der Waals surface area contributed by atoms with Crippen molar-refractivity contribution >= 4 is 11.8 Å². The van der Waals surface area contributed by atoms with Crippen LogP contribution in [0, 0.1) is 5.82 Å². The molecule has 1 aliphatic heterocycles. The lowest BCUT2D eigenvalue weighted by Gasteiger charge is -2.34. The number of nitrogens with one attached hydrogen (secondary N) is 2. The first-order chi connectivity index (χ1) is 13.6. The fraction of sp³-hybridized carbons (Fsp3) is 0.429. The zero-order valence-electron chi connectivity index (χ0n) is 15.6. The van der Waals surface area contributed by atoms with Crippen LogP contribution in [0.15, 0.2) is 47.1 Å². The maximum Gasteiger partial charge on any atom is 0.289 e. The molecule has 28 heavy (non-hydrogen) atoms. The molecule has 0 spiro atoms. The van der Waals surface area contributed by atoms with Crippen molar-refractivity contribution < 1.29 is 18.4 Å². The van der Waals surface area contributed by atoms with Crippen molar-refractivity contribution in [3.05, 3.63) is 59.8 Å². The average molecular weight is 385 g/mol. The molecule has 2 heterocycles. The predicted molar refractivity (Wildman–Crippen MR) is 101 cm³/mol. The van der Waals surface area contributed by atoms with Crippen LogP contribution in [-0.4, -0.2) is 41.9 Å². The van der Waals surface area contributed by atoms with Gasteiger partial charge in [-0.2, -0.15) is 0 Å². The number of likely N-dealkylation sites (tertiary alicyclic amines) is 1. The molecule has 1 unspecified atom stereocenters. The van der Waals surface area contributed by atoms with E-state index in [1.807, 2.05) is 0 Å². The normalized spacial score (nSPS) is 18.7. The number of hydrogen-bond donors (Lipinski definition) is 2. The van der Waals surface area contributed by atoms with E-state index in [4.69, 9.17) is 4.42 Å². The third kappa shape index (κ3) is 4.42. The number of halogens is 1. The molecule has 2 N–H and O–H groups in total. The molecule has 0 radical (unpaired) electrons. The molecule has 1 aromatic heterocycles. The summed E-state index contributed by atoms with van der Waals surface area (Å²) in [6.07, 6.45) is 4.99. The lowest BCUT2D eigenvalue weighted by Crippen LogP contribution is -2.48. The smallest absolute Gasteiger partial charge is 0.289 e. The molecule has 1 saturated heterocycles. The fourth-order valence-electron chi connectivity index (χ4n) is 3.53. The minimum absolute atomic E-state index is 0.0804. The summed E-state index contributed by atoms with van der Waals surface area (Å²) in [5.74, 6) is -0.164. The Kier molecular flexibility index (Phi) is 5.43. The molecule has 148 valence electrons. The van der Waals surface area contributed by atoms with E-state index < -0.39 is 6.04 Å². The van der Waals surface area contributed by atoms with Gasteiger partial charge in [-0.25, -0.2) is 4.39 Å². The van der Waals surface area contributed by atoms with Crippen LogP contribution in [0.5, 0.6) is 0 Å². The van der Waals surface area contributed by atoms with Gasteiger partial charge in [0, 0.05) is 25.2 Å². The summed E-state index contributed by atoms with van der Waals surface area (Å²) in [5.41, 5.74) is 0.744. The van der Waals surface area contributed by atoms with Gasteiger partial charge >= 0.3 is 0 Å². The second-order valence-corrected chi connectivity index (χ2v) is 7.48. The number of carbonyl (C=O) groups is 2. The monoisotopic (exact) mass is 385 g/mol. The van der Waals surface area contributed by atoms with E-state index in [-0.39, 0.29) is 29.7 Å². The Bertz CT molecular complexity index is 810. The van der Waals surface area contributed by atoms with Crippen LogP contribution in [0.2, 0.25) is 0 Å². The van der Waals surface area contributed by atoms with E-state index in [2.05, 4.69) is 10.6 Å². The molecule has 2 aliphatic rings. The molecule has 2 amide bonds. The van der Waals surface area contributed by atoms with Crippen molar-refractivity contribution in [2.24, 2.45) is 0 Å². The maximum atomic E-state index is 13.3. The molecule has 6 nitrogen and oxygen atoms in total. The van der Waals surface area contributed by atoms with E-state index in [9.17, 15) is 14.0 Å². The highest BCUT2D eigenvalue weighted by molar-refractivity contribution is 5.91. The van der Waals surface area contributed by atoms with E-state index in [1.54, 1.807) is 29.2 Å². The van der Waals surface area contributed by atoms with Gasteiger partial charge in [0.1, 0.15) is 11.9 Å². The molecule has 7 heteroatoms. The first-order valence-corrected chi connectivity index (χ1v) is 9.75. The van der Waals surface area contributed by atoms with E-state index in [0.29, 0.717) is 18.8 Å². The molecule has 2 aromatic rings. The Morgan fingerprint density at radius 2 is 1.75 bits per heavy atom. The van der Waals surface area contributed by atoms with Gasteiger partial charge in [0.25, 0.3) is 5.91 Å². The molecule has 1 aliphatic carbocycles. The zero-order valence-corrected chi connectivity index (χ0v) is 15.6. The molecule has 1 aromatic carbocycles. The molecular formula is C21H24FN3O3. The third-order valence-corrected chi connectivity index (χ3v) is 5.31. The lowest BCUT2D eigenvalue weighted by molar-refractivity contribution is -0.123. The summed E-state index contributed by atoms with van der Waals surface area (Å²) >= 11 is 0. The van der Waals surface area contributed by atoms with E-state index in [0.717, 1.165) is 31.2 Å². The van der Waals surface area contributed by atoms with Crippen LogP contribution in [0.3, 0.4) is 0 Å². The maximum absolute atomic E-state index is 13.3. The van der Waals surface area contributed by atoms with Crippen molar-refractivity contribution in [3.8, 4) is 0 Å². The third-order valence-electron chi connectivity index (χ3n) is 5.31. The van der Waals surface area contributed by atoms with Crippen LogP contribution >= 0.6 is 0 Å². The van der Waals surface area contributed by atoms with Gasteiger partial charge in [0.2, 0.25) is 5.91 Å². The van der Waals surface area contributed by atoms with Crippen LogP contribution in [0.1, 0.15) is 47.8 Å². The predicted octanol–water partition coefficient (Wildman–Crippen LogP) is 2.63. The number of rotatable bonds is 6. The minimum atomic E-state index is -0.529. The van der Waals surface area contributed by atoms with Crippen molar-refractivity contribution in [3.63, 3.8) is 0 Å². The SMILES string of the molecule is O=C(NC1CC1)C(NC1CCN(C(=O)c2ccco2)CC1)c1ccc(F)cc1. The fourth-order valence-corrected chi connectivity index (χ4v) is 3.53. The van der Waals surface area contributed by atoms with Crippen molar-refractivity contribution in [2.45, 2.75) is 43.8 Å². The topological polar surface area (TPSA) is 74.6 Å². The summed E-state index contributed by atoms with van der Waals surface area (Å²) in [6, 6.07) is 9.23. The summed E-state index contributed by atoms with van der Waals surface area (Å²) in [4.78, 5) is 26.9. The number of amides is 2. The first-order valence-electron chi connectivity index (χ1n) is 9.75. The van der Waals surface area contributed by atoms with E-state index >= 15 is 0 Å². The van der Waals surface area contributed by atoms with Crippen molar-refractivity contribution in [1.29, 1.82) is 0 Å². The van der Waals surface area contributed by atoms with Crippen molar-refractivity contribution in [1.82, 2.24) is 15.5 Å². The number of hydrogen-bond acceptors (Lipinski definition) is 4. The summed E-state index contributed by atoms with van der Waals surface area (Å²) in [6.45, 7) is 1.19. The van der Waals surface area contributed by atoms with Gasteiger partial charge in [0.15, 0.2) is 5.76 Å². The molecule has 4 rings (SSSR count). The molecule has 0 bridgehead atoms. The highest BCUT2D eigenvalue weighted by Gasteiger charge is 2.31. The molecule has 2 fully saturated rings. The summed E-state index contributed by atoms with van der Waals surface area (Å²) in [5, 5.41) is 6.45. The largest absolute Gasteiger partial charge is 0.459 e. The number of furan rings is 1. The van der Waals surface area contributed by atoms with Gasteiger partial charge in [-0.1, -0.05) is 12.1 Å². The average Bonchev–Trinajstić information content (AvgIpc) is 3.35. The van der Waals surface area contributed by atoms with Crippen LogP contribution in [0.25, 0.3) is 0 Å². The number of carbonyl (C=O) groups excluding carboxylic acids is 2. The number of piperidine rings is 1. The Morgan fingerprint density at radius 1 is 1.04 bits per heavy atom. The Balaban J connectivity index is 1.39. The summed E-state index contributed by atoms with van der Waals surface area (Å²) in [7, 11) is 0. The molecule has 1 atom stereocenters. The van der Waals surface area contributed by atoms with Crippen LogP contribution in [0.4, 0.5) is 4.39 Å². The summed E-state index contributed by atoms with van der Waals surface area (Å²) < 4.78 is 18.5. The second kappa shape index (κ2) is 8.14. The standard InChI is InChI=1S/C21H24FN3O3/c22-15-5-3-14(4-6-15)19(20(26)24-16-7-8-16)23-17-9-11-25(12-10-17)21(27)18-2-1-13-28-18/h1-6,13,16-17,19,23H,7-12H2,(H,24,26). The highest BCUT2D eigenvalue weighted by Crippen LogP contribution is 2.23. The zero-order chi connectivity index (χ0) is 19.5. The Morgan fingerprint density at radius 3 is 2.36 bits per heavy atom. The van der Waals surface area contributed by atoms with Crippen molar-refractivity contribution in [2.75, 3.05) is 13.1 Å². The molecular weight excluding hydrogens is 361 g/mol. The van der Waals surface area contributed by atoms with Crippen LogP contribution < -0.4 is 10.6 Å². The van der Waals surface area contributed by atoms with Gasteiger partial charge in [-0.05, 0) is 55.5 Å². The molecule has 1 saturated carbocycles. The van der Waals surface area contributed by atoms with Gasteiger partial charge in [-0.3, -0.25) is 14.9 Å². The lowest BCUT2D eigenvalue weighted by atomic mass is 10.00. The second-order valence-electron chi connectivity index (χ2n) is 7.48. The Labute approximate surface area is 163 Å². The Hall–Kier alpha value is -2.67.